The molecule has 0 atom stereocenters. The summed E-state index contributed by atoms with van der Waals surface area (Å²) in [5.41, 5.74) is -0.856. The number of urea groups is 1. The van der Waals surface area contributed by atoms with Crippen LogP contribution in [0.4, 0.5) is 32.4 Å². The number of amides is 3. The van der Waals surface area contributed by atoms with Crippen molar-refractivity contribution < 1.29 is 36.3 Å². The number of carbonyl (C=O) groups is 2. The molecule has 3 amide bonds. The Hall–Kier alpha value is -3.66. The maximum Gasteiger partial charge on any atom is 0.416 e. The van der Waals surface area contributed by atoms with Gasteiger partial charge in [0.1, 0.15) is 28.7 Å². The summed E-state index contributed by atoms with van der Waals surface area (Å²) in [6.07, 6.45) is -4.49. The average Bonchev–Trinajstić information content (AvgIpc) is 2.74. The van der Waals surface area contributed by atoms with Gasteiger partial charge in [-0.1, -0.05) is 17.7 Å². The molecule has 0 fully saturated rings. The summed E-state index contributed by atoms with van der Waals surface area (Å²) in [6.45, 7) is 3.10. The van der Waals surface area contributed by atoms with Gasteiger partial charge in [-0.2, -0.15) is 13.2 Å². The number of halogens is 6. The molecule has 0 aliphatic rings. The van der Waals surface area contributed by atoms with E-state index in [9.17, 15) is 31.5 Å². The number of nitrogens with one attached hydrogen (secondary N) is 2. The van der Waals surface area contributed by atoms with E-state index in [0.29, 0.717) is 11.1 Å². The van der Waals surface area contributed by atoms with Gasteiger partial charge in [0.15, 0.2) is 0 Å². The molecule has 3 aromatic carbocycles. The van der Waals surface area contributed by atoms with Crippen LogP contribution in [-0.4, -0.2) is 11.9 Å². The Morgan fingerprint density at radius 2 is 1.56 bits per heavy atom. The molecule has 0 unspecified atom stereocenters. The summed E-state index contributed by atoms with van der Waals surface area (Å²) in [7, 11) is 0. The normalized spacial score (nSPS) is 11.2. The van der Waals surface area contributed by atoms with Gasteiger partial charge in [0.05, 0.1) is 10.6 Å². The Morgan fingerprint density at radius 1 is 0.971 bits per heavy atom. The van der Waals surface area contributed by atoms with E-state index in [0.717, 1.165) is 42.5 Å². The van der Waals surface area contributed by atoms with E-state index in [-0.39, 0.29) is 22.2 Å². The number of anilines is 1. The highest BCUT2D eigenvalue weighted by Crippen LogP contribution is 2.39. The van der Waals surface area contributed by atoms with E-state index in [1.54, 1.807) is 6.92 Å². The molecule has 0 bridgehead atoms. The number of hydrogen-bond donors (Lipinski definition) is 2. The minimum atomic E-state index is -4.49. The molecular formula is C23H16ClF5N2O3. The predicted molar refractivity (Wildman–Crippen MR) is 115 cm³/mol. The van der Waals surface area contributed by atoms with Crippen molar-refractivity contribution in [3.05, 3.63) is 87.4 Å². The zero-order chi connectivity index (χ0) is 25.2. The van der Waals surface area contributed by atoms with Gasteiger partial charge in [0, 0.05) is 5.69 Å². The first kappa shape index (κ1) is 25.0. The van der Waals surface area contributed by atoms with Crippen LogP contribution < -0.4 is 15.4 Å². The fraction of sp³-hybridized carbons (Fsp3) is 0.130. The largest absolute Gasteiger partial charge is 0.456 e. The number of ether oxygens (including phenoxy) is 1. The van der Waals surface area contributed by atoms with Crippen molar-refractivity contribution in [3.63, 3.8) is 0 Å². The molecule has 5 nitrogen and oxygen atoms in total. The molecule has 11 heteroatoms. The summed E-state index contributed by atoms with van der Waals surface area (Å²) in [6, 6.07) is 7.21. The van der Waals surface area contributed by atoms with E-state index >= 15 is 0 Å². The zero-order valence-electron chi connectivity index (χ0n) is 17.6. The van der Waals surface area contributed by atoms with Gasteiger partial charge in [0.25, 0.3) is 5.91 Å². The van der Waals surface area contributed by atoms with E-state index in [2.05, 4.69) is 5.32 Å². The monoisotopic (exact) mass is 498 g/mol. The number of imide groups is 1. The molecule has 2 N–H and O–H groups in total. The molecule has 0 aromatic heterocycles. The van der Waals surface area contributed by atoms with Crippen LogP contribution in [0.1, 0.15) is 27.0 Å². The van der Waals surface area contributed by atoms with E-state index < -0.39 is 40.9 Å². The summed E-state index contributed by atoms with van der Waals surface area (Å²) in [5, 5.41) is 4.25. The van der Waals surface area contributed by atoms with Crippen LogP contribution in [0, 0.1) is 25.5 Å². The predicted octanol–water partition coefficient (Wildman–Crippen LogP) is 7.01. The molecule has 0 radical (unpaired) electrons. The number of rotatable bonds is 4. The Labute approximate surface area is 195 Å². The number of aryl methyl sites for hydroxylation is 1. The molecule has 178 valence electrons. The molecule has 0 saturated carbocycles. The van der Waals surface area contributed by atoms with E-state index in [1.165, 1.54) is 13.0 Å². The first-order valence-corrected chi connectivity index (χ1v) is 9.97. The van der Waals surface area contributed by atoms with Gasteiger partial charge in [0.2, 0.25) is 0 Å². The van der Waals surface area contributed by atoms with Gasteiger partial charge in [-0.25, -0.2) is 13.6 Å². The standard InChI is InChI=1S/C23H16ClF5N2O3/c1-11-10-17(30-22(33)31-21(32)18-15(25)4-3-5-16(18)26)12(2)19(24)20(11)34-14-8-6-13(7-9-14)23(27,28)29/h3-10H,1-2H3,(H2,30,31,32,33). The van der Waals surface area contributed by atoms with Gasteiger partial charge >= 0.3 is 12.2 Å². The molecule has 0 heterocycles. The minimum Gasteiger partial charge on any atom is -0.456 e. The highest BCUT2D eigenvalue weighted by atomic mass is 35.5. The van der Waals surface area contributed by atoms with Crippen LogP contribution in [0.5, 0.6) is 11.5 Å². The van der Waals surface area contributed by atoms with Crippen molar-refractivity contribution in [2.45, 2.75) is 20.0 Å². The van der Waals surface area contributed by atoms with Gasteiger partial charge in [-0.05, 0) is 67.4 Å². The van der Waals surface area contributed by atoms with Crippen LogP contribution in [0.3, 0.4) is 0 Å². The average molecular weight is 499 g/mol. The SMILES string of the molecule is Cc1cc(NC(=O)NC(=O)c2c(F)cccc2F)c(C)c(Cl)c1Oc1ccc(C(F)(F)F)cc1. The maximum atomic E-state index is 13.7. The van der Waals surface area contributed by atoms with E-state index in [1.807, 2.05) is 5.32 Å². The van der Waals surface area contributed by atoms with Crippen molar-refractivity contribution in [1.82, 2.24) is 5.32 Å². The highest BCUT2D eigenvalue weighted by Gasteiger charge is 2.30. The second-order valence-corrected chi connectivity index (χ2v) is 7.52. The first-order valence-electron chi connectivity index (χ1n) is 9.59. The second-order valence-electron chi connectivity index (χ2n) is 7.14. The summed E-state index contributed by atoms with van der Waals surface area (Å²) in [5.74, 6) is -3.30. The Kier molecular flexibility index (Phi) is 7.11. The lowest BCUT2D eigenvalue weighted by Crippen LogP contribution is -2.35. The molecule has 0 aliphatic heterocycles. The lowest BCUT2D eigenvalue weighted by atomic mass is 10.1. The lowest BCUT2D eigenvalue weighted by Gasteiger charge is -2.17. The van der Waals surface area contributed by atoms with Crippen LogP contribution >= 0.6 is 11.6 Å². The third-order valence-corrected chi connectivity index (χ3v) is 5.17. The van der Waals surface area contributed by atoms with E-state index in [4.69, 9.17) is 16.3 Å². The molecule has 3 rings (SSSR count). The summed E-state index contributed by atoms with van der Waals surface area (Å²) >= 11 is 6.34. The Balaban J connectivity index is 1.77. The van der Waals surface area contributed by atoms with Crippen LogP contribution in [0.25, 0.3) is 0 Å². The van der Waals surface area contributed by atoms with Crippen molar-refractivity contribution >= 4 is 29.2 Å². The van der Waals surface area contributed by atoms with Crippen molar-refractivity contribution in [2.75, 3.05) is 5.32 Å². The van der Waals surface area contributed by atoms with Crippen LogP contribution in [0.2, 0.25) is 5.02 Å². The van der Waals surface area contributed by atoms with Crippen LogP contribution in [0.15, 0.2) is 48.5 Å². The summed E-state index contributed by atoms with van der Waals surface area (Å²) in [4.78, 5) is 24.3. The quantitative estimate of drug-likeness (QED) is 0.380. The topological polar surface area (TPSA) is 67.4 Å². The smallest absolute Gasteiger partial charge is 0.416 e. The van der Waals surface area contributed by atoms with Gasteiger partial charge in [-0.15, -0.1) is 0 Å². The molecule has 0 spiro atoms. The Morgan fingerprint density at radius 3 is 2.12 bits per heavy atom. The second kappa shape index (κ2) is 9.68. The lowest BCUT2D eigenvalue weighted by molar-refractivity contribution is -0.137. The van der Waals surface area contributed by atoms with Gasteiger partial charge < -0.3 is 10.1 Å². The number of benzene rings is 3. The highest BCUT2D eigenvalue weighted by molar-refractivity contribution is 6.33. The van der Waals surface area contributed by atoms with Gasteiger partial charge in [-0.3, -0.25) is 10.1 Å². The van der Waals surface area contributed by atoms with Crippen molar-refractivity contribution in [1.29, 1.82) is 0 Å². The zero-order valence-corrected chi connectivity index (χ0v) is 18.4. The third kappa shape index (κ3) is 5.45. The first-order chi connectivity index (χ1) is 15.9. The number of hydrogen-bond acceptors (Lipinski definition) is 3. The fourth-order valence-corrected chi connectivity index (χ4v) is 3.26. The van der Waals surface area contributed by atoms with Crippen LogP contribution in [-0.2, 0) is 6.18 Å². The molecule has 0 saturated heterocycles. The molecule has 3 aromatic rings. The minimum absolute atomic E-state index is 0.0571. The van der Waals surface area contributed by atoms with Crippen molar-refractivity contribution in [3.8, 4) is 11.5 Å². The summed E-state index contributed by atoms with van der Waals surface area (Å²) < 4.78 is 71.3. The fourth-order valence-electron chi connectivity index (χ4n) is 2.97. The molecule has 34 heavy (non-hydrogen) atoms. The van der Waals surface area contributed by atoms with Crippen molar-refractivity contribution in [2.24, 2.45) is 0 Å². The molecule has 0 aliphatic carbocycles. The third-order valence-electron chi connectivity index (χ3n) is 4.72. The Bertz CT molecular complexity index is 1240. The number of alkyl halides is 3. The maximum absolute atomic E-state index is 13.7. The molecular weight excluding hydrogens is 483 g/mol. The number of carbonyl (C=O) groups excluding carboxylic acids is 2.